The van der Waals surface area contributed by atoms with Gasteiger partial charge >= 0.3 is 0 Å². The van der Waals surface area contributed by atoms with Crippen molar-refractivity contribution in [3.63, 3.8) is 0 Å². The Kier molecular flexibility index (Phi) is 3.29. The summed E-state index contributed by atoms with van der Waals surface area (Å²) in [7, 11) is 0. The quantitative estimate of drug-likeness (QED) is 0.591. The first-order valence-corrected chi connectivity index (χ1v) is 7.24. The third-order valence-electron chi connectivity index (χ3n) is 4.18. The normalized spacial score (nSPS) is 29.2. The number of halogens is 1. The second-order valence-electron chi connectivity index (χ2n) is 5.29. The number of rotatable bonds is 2. The van der Waals surface area contributed by atoms with Gasteiger partial charge in [0.2, 0.25) is 5.91 Å². The van der Waals surface area contributed by atoms with Crippen LogP contribution in [0.15, 0.2) is 30.3 Å². The second-order valence-corrected chi connectivity index (χ2v) is 5.76. The van der Waals surface area contributed by atoms with Crippen LogP contribution in [0.2, 0.25) is 0 Å². The van der Waals surface area contributed by atoms with Crippen LogP contribution in [0.1, 0.15) is 43.7 Å². The van der Waals surface area contributed by atoms with Gasteiger partial charge in [-0.1, -0.05) is 49.6 Å². The third-order valence-corrected chi connectivity index (χ3v) is 4.60. The first-order valence-electron chi connectivity index (χ1n) is 6.80. The molecule has 1 aromatic carbocycles. The predicted molar refractivity (Wildman–Crippen MR) is 72.5 cm³/mol. The monoisotopic (exact) mass is 263 g/mol. The minimum Gasteiger partial charge on any atom is -0.329 e. The smallest absolute Gasteiger partial charge is 0.243 e. The number of β-lactam (4-membered cyclic amide) rings is 1. The average Bonchev–Trinajstić information content (AvgIpc) is 2.45. The van der Waals surface area contributed by atoms with Crippen LogP contribution in [0.3, 0.4) is 0 Å². The first kappa shape index (κ1) is 12.0. The van der Waals surface area contributed by atoms with Crippen molar-refractivity contribution in [2.75, 3.05) is 0 Å². The second kappa shape index (κ2) is 4.93. The minimum atomic E-state index is -0.366. The summed E-state index contributed by atoms with van der Waals surface area (Å²) in [5.74, 6) is 0.123. The fraction of sp³-hybridized carbons (Fsp3) is 0.533. The Balaban J connectivity index is 1.82. The summed E-state index contributed by atoms with van der Waals surface area (Å²) in [5.41, 5.74) is 1.17. The number of benzene rings is 1. The van der Waals surface area contributed by atoms with Gasteiger partial charge in [-0.25, -0.2) is 0 Å². The molecule has 18 heavy (non-hydrogen) atoms. The summed E-state index contributed by atoms with van der Waals surface area (Å²) in [4.78, 5) is 14.1. The van der Waals surface area contributed by atoms with E-state index in [2.05, 4.69) is 12.1 Å². The highest BCUT2D eigenvalue weighted by Gasteiger charge is 2.49. The molecule has 3 heteroatoms. The van der Waals surface area contributed by atoms with Crippen LogP contribution in [-0.4, -0.2) is 22.2 Å². The van der Waals surface area contributed by atoms with Gasteiger partial charge < -0.3 is 4.90 Å². The Labute approximate surface area is 113 Å². The molecule has 1 saturated carbocycles. The van der Waals surface area contributed by atoms with Gasteiger partial charge in [-0.15, -0.1) is 11.6 Å². The Morgan fingerprint density at radius 1 is 1.06 bits per heavy atom. The molecule has 2 fully saturated rings. The lowest BCUT2D eigenvalue weighted by molar-refractivity contribution is -0.150. The molecule has 0 bridgehead atoms. The van der Waals surface area contributed by atoms with Crippen LogP contribution in [0.25, 0.3) is 0 Å². The van der Waals surface area contributed by atoms with Gasteiger partial charge in [0, 0.05) is 6.04 Å². The topological polar surface area (TPSA) is 20.3 Å². The third kappa shape index (κ3) is 1.93. The highest BCUT2D eigenvalue weighted by Crippen LogP contribution is 2.42. The van der Waals surface area contributed by atoms with E-state index in [1.54, 1.807) is 0 Å². The number of nitrogens with zero attached hydrogens (tertiary/aromatic N) is 1. The van der Waals surface area contributed by atoms with E-state index in [0.717, 1.165) is 12.8 Å². The zero-order chi connectivity index (χ0) is 12.5. The van der Waals surface area contributed by atoms with Crippen LogP contribution >= 0.6 is 11.6 Å². The standard InChI is InChI=1S/C15H18ClNO/c16-13-14(11-7-3-1-4-8-11)17(15(13)18)12-9-5-2-6-10-12/h1,3-4,7-8,12-14H,2,5-6,9-10H2/t13-,14-/m1/s1. The lowest BCUT2D eigenvalue weighted by Crippen LogP contribution is -2.60. The molecule has 0 spiro atoms. The number of amides is 1. The number of likely N-dealkylation sites (tertiary alicyclic amines) is 1. The molecule has 0 unspecified atom stereocenters. The fourth-order valence-corrected chi connectivity index (χ4v) is 3.60. The SMILES string of the molecule is O=C1[C@H](Cl)[C@@H](c2ccccc2)N1C1CCCCC1. The number of hydrogen-bond acceptors (Lipinski definition) is 1. The Morgan fingerprint density at radius 2 is 1.72 bits per heavy atom. The molecular formula is C15H18ClNO. The lowest BCUT2D eigenvalue weighted by atomic mass is 9.86. The molecule has 2 aliphatic rings. The van der Waals surface area contributed by atoms with E-state index in [1.165, 1.54) is 24.8 Å². The Bertz CT molecular complexity index is 427. The van der Waals surface area contributed by atoms with Crippen molar-refractivity contribution < 1.29 is 4.79 Å². The van der Waals surface area contributed by atoms with Gasteiger partial charge in [0.15, 0.2) is 0 Å². The molecule has 1 heterocycles. The van der Waals surface area contributed by atoms with Crippen LogP contribution in [0, 0.1) is 0 Å². The first-order chi connectivity index (χ1) is 8.79. The lowest BCUT2D eigenvalue weighted by Gasteiger charge is -2.50. The maximum Gasteiger partial charge on any atom is 0.243 e. The van der Waals surface area contributed by atoms with Crippen molar-refractivity contribution >= 4 is 17.5 Å². The molecule has 1 aliphatic heterocycles. The molecule has 96 valence electrons. The van der Waals surface area contributed by atoms with E-state index >= 15 is 0 Å². The van der Waals surface area contributed by atoms with Crippen LogP contribution in [0.4, 0.5) is 0 Å². The van der Waals surface area contributed by atoms with Gasteiger partial charge in [0.25, 0.3) is 0 Å². The van der Waals surface area contributed by atoms with Gasteiger partial charge in [-0.3, -0.25) is 4.79 Å². The van der Waals surface area contributed by atoms with Gasteiger partial charge in [-0.2, -0.15) is 0 Å². The van der Waals surface area contributed by atoms with E-state index in [0.29, 0.717) is 6.04 Å². The molecule has 0 radical (unpaired) electrons. The van der Waals surface area contributed by atoms with Gasteiger partial charge in [-0.05, 0) is 18.4 Å². The number of carbonyl (C=O) groups is 1. The number of alkyl halides is 1. The summed E-state index contributed by atoms with van der Waals surface area (Å²) >= 11 is 6.22. The molecular weight excluding hydrogens is 246 g/mol. The average molecular weight is 264 g/mol. The molecule has 2 nitrogen and oxygen atoms in total. The summed E-state index contributed by atoms with van der Waals surface area (Å²) in [6.07, 6.45) is 6.06. The van der Waals surface area contributed by atoms with Crippen molar-refractivity contribution in [3.05, 3.63) is 35.9 Å². The van der Waals surface area contributed by atoms with Crippen molar-refractivity contribution in [1.29, 1.82) is 0 Å². The summed E-state index contributed by atoms with van der Waals surface area (Å²) in [6, 6.07) is 10.7. The molecule has 1 aromatic rings. The van der Waals surface area contributed by atoms with Crippen molar-refractivity contribution in [1.82, 2.24) is 4.90 Å². The van der Waals surface area contributed by atoms with E-state index in [-0.39, 0.29) is 17.3 Å². The number of carbonyl (C=O) groups excluding carboxylic acids is 1. The molecule has 2 atom stereocenters. The summed E-state index contributed by atoms with van der Waals surface area (Å²) in [5, 5.41) is -0.366. The zero-order valence-corrected chi connectivity index (χ0v) is 11.1. The Hall–Kier alpha value is -1.02. The predicted octanol–water partition coefficient (Wildman–Crippen LogP) is 3.51. The zero-order valence-electron chi connectivity index (χ0n) is 10.4. The molecule has 1 amide bonds. The van der Waals surface area contributed by atoms with Crippen LogP contribution < -0.4 is 0 Å². The van der Waals surface area contributed by atoms with Crippen LogP contribution in [0.5, 0.6) is 0 Å². The van der Waals surface area contributed by atoms with E-state index in [9.17, 15) is 4.79 Å². The van der Waals surface area contributed by atoms with Gasteiger partial charge in [0.05, 0.1) is 6.04 Å². The maximum absolute atomic E-state index is 12.0. The molecule has 1 saturated heterocycles. The highest BCUT2D eigenvalue weighted by molar-refractivity contribution is 6.33. The van der Waals surface area contributed by atoms with Crippen molar-refractivity contribution in [2.24, 2.45) is 0 Å². The fourth-order valence-electron chi connectivity index (χ4n) is 3.22. The van der Waals surface area contributed by atoms with E-state index < -0.39 is 0 Å². The molecule has 3 rings (SSSR count). The minimum absolute atomic E-state index is 0.0865. The maximum atomic E-state index is 12.0. The largest absolute Gasteiger partial charge is 0.329 e. The number of hydrogen-bond donors (Lipinski definition) is 0. The summed E-state index contributed by atoms with van der Waals surface area (Å²) < 4.78 is 0. The van der Waals surface area contributed by atoms with Crippen molar-refractivity contribution in [2.45, 2.75) is 49.6 Å². The van der Waals surface area contributed by atoms with Crippen molar-refractivity contribution in [3.8, 4) is 0 Å². The Morgan fingerprint density at radius 3 is 2.39 bits per heavy atom. The molecule has 1 aliphatic carbocycles. The van der Waals surface area contributed by atoms with Gasteiger partial charge in [0.1, 0.15) is 5.38 Å². The molecule has 0 N–H and O–H groups in total. The van der Waals surface area contributed by atoms with E-state index in [4.69, 9.17) is 11.6 Å². The van der Waals surface area contributed by atoms with E-state index in [1.807, 2.05) is 23.1 Å². The highest BCUT2D eigenvalue weighted by atomic mass is 35.5. The summed E-state index contributed by atoms with van der Waals surface area (Å²) in [6.45, 7) is 0. The van der Waals surface area contributed by atoms with Crippen LogP contribution in [-0.2, 0) is 4.79 Å². The molecule has 0 aromatic heterocycles.